The Balaban J connectivity index is 1.39. The number of rotatable bonds is 10. The number of anilines is 1. The number of nitrogens with one attached hydrogen (secondary N) is 1. The van der Waals surface area contributed by atoms with Gasteiger partial charge in [-0.2, -0.15) is 0 Å². The van der Waals surface area contributed by atoms with E-state index in [1.165, 1.54) is 23.1 Å². The predicted molar refractivity (Wildman–Crippen MR) is 145 cm³/mol. The maximum Gasteiger partial charge on any atom is 0.236 e. The molecule has 0 radical (unpaired) electrons. The minimum Gasteiger partial charge on any atom is -0.482 e. The second-order valence-corrected chi connectivity index (χ2v) is 10.4. The van der Waals surface area contributed by atoms with Crippen molar-refractivity contribution in [1.82, 2.24) is 19.7 Å². The lowest BCUT2D eigenvalue weighted by Crippen LogP contribution is -2.15. The van der Waals surface area contributed by atoms with E-state index in [2.05, 4.69) is 43.0 Å². The van der Waals surface area contributed by atoms with Crippen molar-refractivity contribution in [3.8, 4) is 17.0 Å². The Morgan fingerprint density at radius 2 is 2.03 bits per heavy atom. The normalized spacial score (nSPS) is 11.7. The number of aromatic nitrogens is 4. The van der Waals surface area contributed by atoms with E-state index in [4.69, 9.17) is 4.74 Å². The highest BCUT2D eigenvalue weighted by atomic mass is 79.9. The van der Waals surface area contributed by atoms with E-state index >= 15 is 0 Å². The van der Waals surface area contributed by atoms with Gasteiger partial charge in [0.2, 0.25) is 5.91 Å². The van der Waals surface area contributed by atoms with E-state index in [0.29, 0.717) is 22.7 Å². The van der Waals surface area contributed by atoms with Gasteiger partial charge < -0.3 is 10.1 Å². The first-order chi connectivity index (χ1) is 16.9. The molecule has 1 unspecified atom stereocenters. The van der Waals surface area contributed by atoms with Crippen LogP contribution < -0.4 is 10.1 Å². The molecule has 2 heterocycles. The zero-order valence-corrected chi connectivity index (χ0v) is 22.5. The maximum absolute atomic E-state index is 12.6. The molecule has 0 aliphatic carbocycles. The second-order valence-electron chi connectivity index (χ2n) is 7.65. The smallest absolute Gasteiger partial charge is 0.236 e. The summed E-state index contributed by atoms with van der Waals surface area (Å²) in [6.45, 7) is 8.29. The summed E-state index contributed by atoms with van der Waals surface area (Å²) < 4.78 is 9.05. The number of hydrogen-bond acceptors (Lipinski definition) is 7. The highest BCUT2D eigenvalue weighted by Gasteiger charge is 2.20. The van der Waals surface area contributed by atoms with Gasteiger partial charge in [0.05, 0.1) is 11.4 Å². The number of benzene rings is 2. The molecule has 2 aromatic heterocycles. The van der Waals surface area contributed by atoms with Crippen LogP contribution in [0.3, 0.4) is 0 Å². The summed E-state index contributed by atoms with van der Waals surface area (Å²) >= 11 is 6.14. The largest absolute Gasteiger partial charge is 0.482 e. The van der Waals surface area contributed by atoms with Crippen LogP contribution in [0.5, 0.6) is 5.75 Å². The van der Waals surface area contributed by atoms with Crippen molar-refractivity contribution in [2.45, 2.75) is 31.7 Å². The number of aryl methyl sites for hydroxylation is 1. The van der Waals surface area contributed by atoms with E-state index in [1.807, 2.05) is 72.3 Å². The summed E-state index contributed by atoms with van der Waals surface area (Å²) in [5, 5.41) is 14.6. The molecule has 0 saturated carbocycles. The van der Waals surface area contributed by atoms with Gasteiger partial charge in [0.15, 0.2) is 22.2 Å². The first-order valence-corrected chi connectivity index (χ1v) is 13.5. The number of thioether (sulfide) groups is 1. The molecule has 0 fully saturated rings. The first kappa shape index (κ1) is 25.2. The molecule has 35 heavy (non-hydrogen) atoms. The first-order valence-electron chi connectivity index (χ1n) is 10.8. The summed E-state index contributed by atoms with van der Waals surface area (Å²) in [6, 6.07) is 15.7. The van der Waals surface area contributed by atoms with Crippen molar-refractivity contribution >= 4 is 50.1 Å². The van der Waals surface area contributed by atoms with Gasteiger partial charge in [-0.3, -0.25) is 9.36 Å². The van der Waals surface area contributed by atoms with Gasteiger partial charge in [0.25, 0.3) is 0 Å². The lowest BCUT2D eigenvalue weighted by Gasteiger charge is -2.17. The number of carbonyl (C=O) groups excluding carboxylic acids is 1. The Bertz CT molecular complexity index is 1320. The molecule has 4 aromatic rings. The number of ether oxygens (including phenoxy) is 1. The van der Waals surface area contributed by atoms with E-state index in [0.717, 1.165) is 27.0 Å². The van der Waals surface area contributed by atoms with Crippen molar-refractivity contribution in [2.24, 2.45) is 0 Å². The number of thiazole rings is 1. The molecule has 4 rings (SSSR count). The Hall–Kier alpha value is -2.95. The van der Waals surface area contributed by atoms with Gasteiger partial charge in [0, 0.05) is 22.0 Å². The van der Waals surface area contributed by atoms with Gasteiger partial charge in [-0.05, 0) is 37.6 Å². The third-order valence-corrected chi connectivity index (χ3v) is 7.29. The quantitative estimate of drug-likeness (QED) is 0.173. The third-order valence-electron chi connectivity index (χ3n) is 5.04. The molecule has 7 nitrogen and oxygen atoms in total. The Labute approximate surface area is 220 Å². The van der Waals surface area contributed by atoms with E-state index in [9.17, 15) is 4.79 Å². The molecular formula is C25H24BrN5O2S2. The second kappa shape index (κ2) is 11.7. The Morgan fingerprint density at radius 3 is 2.77 bits per heavy atom. The lowest BCUT2D eigenvalue weighted by atomic mass is 10.2. The van der Waals surface area contributed by atoms with Crippen LogP contribution in [-0.4, -0.2) is 31.4 Å². The van der Waals surface area contributed by atoms with Gasteiger partial charge in [-0.1, -0.05) is 64.1 Å². The van der Waals surface area contributed by atoms with E-state index in [-0.39, 0.29) is 17.8 Å². The fraction of sp³-hybridized carbons (Fsp3) is 0.200. The van der Waals surface area contributed by atoms with Crippen LogP contribution in [0.25, 0.3) is 11.3 Å². The average molecular weight is 571 g/mol. The molecule has 180 valence electrons. The molecule has 1 N–H and O–H groups in total. The topological polar surface area (TPSA) is 81.9 Å². The van der Waals surface area contributed by atoms with Crippen LogP contribution in [-0.2, 0) is 11.3 Å². The third kappa shape index (κ3) is 6.39. The summed E-state index contributed by atoms with van der Waals surface area (Å²) in [5.74, 6) is 1.49. The predicted octanol–water partition coefficient (Wildman–Crippen LogP) is 6.53. The SMILES string of the molecule is C=CCn1c(SCC(=O)Nc2nc(-c3ccc(Br)cc3)cs2)nnc1C(C)Oc1ccccc1C. The fourth-order valence-electron chi connectivity index (χ4n) is 3.31. The minimum absolute atomic E-state index is 0.161. The van der Waals surface area contributed by atoms with Gasteiger partial charge >= 0.3 is 0 Å². The monoisotopic (exact) mass is 569 g/mol. The molecule has 1 atom stereocenters. The molecule has 0 spiro atoms. The summed E-state index contributed by atoms with van der Waals surface area (Å²) in [6.07, 6.45) is 1.45. The Kier molecular flexibility index (Phi) is 8.37. The molecule has 0 saturated heterocycles. The van der Waals surface area contributed by atoms with Gasteiger partial charge in [-0.15, -0.1) is 28.1 Å². The number of carbonyl (C=O) groups is 1. The maximum atomic E-state index is 12.6. The van der Waals surface area contributed by atoms with E-state index in [1.54, 1.807) is 6.08 Å². The minimum atomic E-state index is -0.320. The van der Waals surface area contributed by atoms with Crippen LogP contribution in [0.4, 0.5) is 5.13 Å². The van der Waals surface area contributed by atoms with Crippen LogP contribution >= 0.6 is 39.0 Å². The van der Waals surface area contributed by atoms with Gasteiger partial charge in [0.1, 0.15) is 5.75 Å². The molecule has 1 amide bonds. The molecule has 0 aliphatic rings. The highest BCUT2D eigenvalue weighted by Crippen LogP contribution is 2.28. The van der Waals surface area contributed by atoms with Crippen molar-refractivity contribution in [2.75, 3.05) is 11.1 Å². The zero-order valence-electron chi connectivity index (χ0n) is 19.3. The summed E-state index contributed by atoms with van der Waals surface area (Å²) in [7, 11) is 0. The van der Waals surface area contributed by atoms with Crippen LogP contribution in [0.1, 0.15) is 24.4 Å². The van der Waals surface area contributed by atoms with Crippen molar-refractivity contribution < 1.29 is 9.53 Å². The number of para-hydroxylation sites is 1. The molecular weight excluding hydrogens is 546 g/mol. The number of hydrogen-bond donors (Lipinski definition) is 1. The number of allylic oxidation sites excluding steroid dienone is 1. The number of nitrogens with zero attached hydrogens (tertiary/aromatic N) is 4. The molecule has 0 aliphatic heterocycles. The van der Waals surface area contributed by atoms with Crippen molar-refractivity contribution in [3.63, 3.8) is 0 Å². The standard InChI is InChI=1S/C25H24BrN5O2S2/c1-4-13-31-23(17(3)33-21-8-6-5-7-16(21)2)29-30-25(31)35-15-22(32)28-24-27-20(14-34-24)18-9-11-19(26)12-10-18/h4-12,14,17H,1,13,15H2,2-3H3,(H,27,28,32). The van der Waals surface area contributed by atoms with Crippen LogP contribution in [0.15, 0.2) is 76.2 Å². The van der Waals surface area contributed by atoms with Crippen molar-refractivity contribution in [1.29, 1.82) is 0 Å². The lowest BCUT2D eigenvalue weighted by molar-refractivity contribution is -0.113. The summed E-state index contributed by atoms with van der Waals surface area (Å²) in [5.41, 5.74) is 2.86. The van der Waals surface area contributed by atoms with Gasteiger partial charge in [-0.25, -0.2) is 4.98 Å². The average Bonchev–Trinajstić information content (AvgIpc) is 3.47. The molecule has 2 aromatic carbocycles. The molecule has 10 heteroatoms. The summed E-state index contributed by atoms with van der Waals surface area (Å²) in [4.78, 5) is 17.1. The Morgan fingerprint density at radius 1 is 1.26 bits per heavy atom. The number of halogens is 1. The van der Waals surface area contributed by atoms with E-state index < -0.39 is 0 Å². The fourth-order valence-corrected chi connectivity index (χ4v) is 5.06. The number of amides is 1. The highest BCUT2D eigenvalue weighted by molar-refractivity contribution is 9.10. The zero-order chi connectivity index (χ0) is 24.8. The van der Waals surface area contributed by atoms with Crippen LogP contribution in [0.2, 0.25) is 0 Å². The van der Waals surface area contributed by atoms with Crippen molar-refractivity contribution in [3.05, 3.63) is 82.4 Å². The van der Waals surface area contributed by atoms with Crippen LogP contribution in [0, 0.1) is 6.92 Å². The molecule has 0 bridgehead atoms.